The van der Waals surface area contributed by atoms with Gasteiger partial charge in [0.2, 0.25) is 0 Å². The van der Waals surface area contributed by atoms with Gasteiger partial charge >= 0.3 is 0 Å². The molecule has 1 aromatic rings. The number of aromatic nitrogens is 2. The smallest absolute Gasteiger partial charge is 0.257 e. The Labute approximate surface area is 100 Å². The molecule has 2 heterocycles. The molecule has 0 bridgehead atoms. The van der Waals surface area contributed by atoms with Crippen LogP contribution >= 0.6 is 0 Å². The van der Waals surface area contributed by atoms with E-state index in [4.69, 9.17) is 0 Å². The summed E-state index contributed by atoms with van der Waals surface area (Å²) < 4.78 is 0. The molecule has 17 heavy (non-hydrogen) atoms. The Morgan fingerprint density at radius 1 is 1.59 bits per heavy atom. The second-order valence-electron chi connectivity index (χ2n) is 4.61. The Hall–Kier alpha value is -1.65. The van der Waals surface area contributed by atoms with Gasteiger partial charge in [0.25, 0.3) is 5.91 Å². The number of rotatable bonds is 3. The first-order valence-corrected chi connectivity index (χ1v) is 5.90. The zero-order chi connectivity index (χ0) is 12.4. The molecule has 1 unspecified atom stereocenters. The topological polar surface area (TPSA) is 66.1 Å². The molecule has 2 rings (SSSR count). The van der Waals surface area contributed by atoms with Crippen molar-refractivity contribution in [3.63, 3.8) is 0 Å². The second-order valence-corrected chi connectivity index (χ2v) is 4.61. The Morgan fingerprint density at radius 2 is 2.35 bits per heavy atom. The van der Waals surface area contributed by atoms with Crippen LogP contribution in [0.25, 0.3) is 0 Å². The molecule has 1 amide bonds. The molecule has 5 nitrogen and oxygen atoms in total. The number of aromatic amines is 1. The Balaban J connectivity index is 2.14. The molecule has 1 fully saturated rings. The van der Waals surface area contributed by atoms with E-state index in [1.807, 2.05) is 6.92 Å². The number of nitrogens with one attached hydrogen (secondary N) is 1. The van der Waals surface area contributed by atoms with Crippen molar-refractivity contribution in [3.05, 3.63) is 17.5 Å². The zero-order valence-electron chi connectivity index (χ0n) is 10.2. The molecular formula is C12H17N3O2. The summed E-state index contributed by atoms with van der Waals surface area (Å²) in [5.74, 6) is 0.124. The third-order valence-electron chi connectivity index (χ3n) is 3.22. The number of H-pyrrole nitrogens is 1. The lowest BCUT2D eigenvalue weighted by Gasteiger charge is -2.23. The fourth-order valence-electron chi connectivity index (χ4n) is 2.37. The van der Waals surface area contributed by atoms with Crippen LogP contribution in [0.5, 0.6) is 0 Å². The summed E-state index contributed by atoms with van der Waals surface area (Å²) in [6.07, 6.45) is 3.91. The van der Waals surface area contributed by atoms with Gasteiger partial charge in [-0.15, -0.1) is 0 Å². The number of Topliss-reactive ketones (excluding diaryl/α,β-unsaturated/α-hetero) is 1. The molecule has 1 aliphatic rings. The van der Waals surface area contributed by atoms with E-state index >= 15 is 0 Å². The van der Waals surface area contributed by atoms with Crippen LogP contribution in [0, 0.1) is 6.92 Å². The number of carbonyl (C=O) groups is 2. The molecule has 0 aliphatic carbocycles. The quantitative estimate of drug-likeness (QED) is 0.858. The Morgan fingerprint density at radius 3 is 2.94 bits per heavy atom. The predicted molar refractivity (Wildman–Crippen MR) is 62.7 cm³/mol. The van der Waals surface area contributed by atoms with Gasteiger partial charge in [-0.25, -0.2) is 0 Å². The normalized spacial score (nSPS) is 19.6. The summed E-state index contributed by atoms with van der Waals surface area (Å²) in [5.41, 5.74) is 1.39. The number of hydrogen-bond acceptors (Lipinski definition) is 3. The first-order valence-electron chi connectivity index (χ1n) is 5.90. The minimum Gasteiger partial charge on any atom is -0.335 e. The summed E-state index contributed by atoms with van der Waals surface area (Å²) in [4.78, 5) is 25.2. The van der Waals surface area contributed by atoms with E-state index in [0.29, 0.717) is 12.0 Å². The fraction of sp³-hybridized carbons (Fsp3) is 0.583. The molecule has 0 saturated carbocycles. The Kier molecular flexibility index (Phi) is 3.26. The molecular weight excluding hydrogens is 218 g/mol. The highest BCUT2D eigenvalue weighted by molar-refractivity contribution is 5.95. The lowest BCUT2D eigenvalue weighted by molar-refractivity contribution is -0.117. The largest absolute Gasteiger partial charge is 0.335 e. The monoisotopic (exact) mass is 235 g/mol. The van der Waals surface area contributed by atoms with Gasteiger partial charge in [-0.1, -0.05) is 0 Å². The van der Waals surface area contributed by atoms with E-state index in [0.717, 1.165) is 25.1 Å². The highest BCUT2D eigenvalue weighted by Crippen LogP contribution is 2.23. The van der Waals surface area contributed by atoms with Crippen molar-refractivity contribution in [2.75, 3.05) is 6.54 Å². The van der Waals surface area contributed by atoms with Crippen molar-refractivity contribution in [1.29, 1.82) is 0 Å². The van der Waals surface area contributed by atoms with Crippen LogP contribution in [-0.4, -0.2) is 39.4 Å². The first-order chi connectivity index (χ1) is 8.09. The van der Waals surface area contributed by atoms with E-state index in [1.54, 1.807) is 18.0 Å². The van der Waals surface area contributed by atoms with E-state index in [-0.39, 0.29) is 17.7 Å². The number of likely N-dealkylation sites (tertiary alicyclic amines) is 1. The summed E-state index contributed by atoms with van der Waals surface area (Å²) in [6.45, 7) is 4.14. The van der Waals surface area contributed by atoms with Gasteiger partial charge in [-0.05, 0) is 26.7 Å². The third-order valence-corrected chi connectivity index (χ3v) is 3.22. The van der Waals surface area contributed by atoms with Gasteiger partial charge in [0, 0.05) is 24.7 Å². The molecule has 1 atom stereocenters. The average Bonchev–Trinajstić information content (AvgIpc) is 2.85. The first kappa shape index (κ1) is 11.8. The van der Waals surface area contributed by atoms with Crippen LogP contribution in [0.2, 0.25) is 0 Å². The van der Waals surface area contributed by atoms with Crippen LogP contribution in [0.3, 0.4) is 0 Å². The molecule has 1 N–H and O–H groups in total. The lowest BCUT2D eigenvalue weighted by Crippen LogP contribution is -2.36. The Bertz CT molecular complexity index is 439. The molecule has 1 aliphatic heterocycles. The van der Waals surface area contributed by atoms with Crippen molar-refractivity contribution in [2.24, 2.45) is 0 Å². The molecule has 1 aromatic heterocycles. The summed E-state index contributed by atoms with van der Waals surface area (Å²) in [6, 6.07) is 0.0642. The summed E-state index contributed by atoms with van der Waals surface area (Å²) in [7, 11) is 0. The number of amides is 1. The van der Waals surface area contributed by atoms with Crippen molar-refractivity contribution < 1.29 is 9.59 Å². The van der Waals surface area contributed by atoms with Crippen molar-refractivity contribution >= 4 is 11.7 Å². The van der Waals surface area contributed by atoms with Gasteiger partial charge < -0.3 is 4.90 Å². The summed E-state index contributed by atoms with van der Waals surface area (Å²) in [5, 5.41) is 6.62. The van der Waals surface area contributed by atoms with Gasteiger partial charge in [0.15, 0.2) is 0 Å². The molecule has 92 valence electrons. The van der Waals surface area contributed by atoms with Crippen LogP contribution in [0.4, 0.5) is 0 Å². The average molecular weight is 235 g/mol. The maximum atomic E-state index is 12.3. The van der Waals surface area contributed by atoms with Crippen molar-refractivity contribution in [1.82, 2.24) is 15.1 Å². The summed E-state index contributed by atoms with van der Waals surface area (Å²) >= 11 is 0. The zero-order valence-corrected chi connectivity index (χ0v) is 10.2. The number of hydrogen-bond donors (Lipinski definition) is 1. The van der Waals surface area contributed by atoms with E-state index < -0.39 is 0 Å². The minimum atomic E-state index is -0.0139. The van der Waals surface area contributed by atoms with Crippen LogP contribution in [0.1, 0.15) is 42.2 Å². The van der Waals surface area contributed by atoms with Gasteiger partial charge in [0.05, 0.1) is 11.8 Å². The van der Waals surface area contributed by atoms with Crippen LogP contribution in [-0.2, 0) is 4.79 Å². The number of ketones is 1. The second kappa shape index (κ2) is 4.69. The minimum absolute atomic E-state index is 0.0139. The maximum Gasteiger partial charge on any atom is 0.257 e. The van der Waals surface area contributed by atoms with Gasteiger partial charge in [0.1, 0.15) is 5.78 Å². The lowest BCUT2D eigenvalue weighted by atomic mass is 10.1. The van der Waals surface area contributed by atoms with Crippen LogP contribution < -0.4 is 0 Å². The number of nitrogens with zero attached hydrogens (tertiary/aromatic N) is 2. The van der Waals surface area contributed by atoms with E-state index in [1.165, 1.54) is 0 Å². The maximum absolute atomic E-state index is 12.3. The standard InChI is InChI=1S/C12H17N3O2/c1-8(16)6-10-4-3-5-15(10)12(17)11-7-13-14-9(11)2/h7,10H,3-6H2,1-2H3,(H,13,14). The van der Waals surface area contributed by atoms with Gasteiger partial charge in [-0.2, -0.15) is 5.10 Å². The molecule has 5 heteroatoms. The molecule has 0 spiro atoms. The fourth-order valence-corrected chi connectivity index (χ4v) is 2.37. The number of carbonyl (C=O) groups excluding carboxylic acids is 2. The van der Waals surface area contributed by atoms with Gasteiger partial charge in [-0.3, -0.25) is 14.7 Å². The molecule has 0 aromatic carbocycles. The highest BCUT2D eigenvalue weighted by Gasteiger charge is 2.31. The van der Waals surface area contributed by atoms with Crippen LogP contribution in [0.15, 0.2) is 6.20 Å². The van der Waals surface area contributed by atoms with E-state index in [9.17, 15) is 9.59 Å². The molecule has 1 saturated heterocycles. The number of aryl methyl sites for hydroxylation is 1. The van der Waals surface area contributed by atoms with E-state index in [2.05, 4.69) is 10.2 Å². The van der Waals surface area contributed by atoms with Crippen molar-refractivity contribution in [3.8, 4) is 0 Å². The predicted octanol–water partition coefficient (Wildman–Crippen LogP) is 1.30. The third kappa shape index (κ3) is 2.38. The SMILES string of the molecule is CC(=O)CC1CCCN1C(=O)c1cn[nH]c1C. The highest BCUT2D eigenvalue weighted by atomic mass is 16.2. The van der Waals surface area contributed by atoms with Crippen molar-refractivity contribution in [2.45, 2.75) is 39.2 Å². The molecule has 0 radical (unpaired) electrons.